The van der Waals surface area contributed by atoms with E-state index < -0.39 is 4.92 Å². The zero-order valence-corrected chi connectivity index (χ0v) is 11.8. The molecule has 0 N–H and O–H groups in total. The Morgan fingerprint density at radius 2 is 2.15 bits per heavy atom. The average molecular weight is 313 g/mol. The van der Waals surface area contributed by atoms with Crippen LogP contribution >= 0.6 is 23.2 Å². The molecule has 5 nitrogen and oxygen atoms in total. The fourth-order valence-electron chi connectivity index (χ4n) is 1.59. The van der Waals surface area contributed by atoms with E-state index in [4.69, 9.17) is 27.9 Å². The molecule has 2 aromatic rings. The largest absolute Gasteiger partial charge is 0.482 e. The number of nitro benzene ring substituents is 1. The Balaban J connectivity index is 2.21. The molecule has 0 bridgehead atoms. The van der Waals surface area contributed by atoms with E-state index in [9.17, 15) is 10.1 Å². The highest BCUT2D eigenvalue weighted by Crippen LogP contribution is 2.29. The summed E-state index contributed by atoms with van der Waals surface area (Å²) in [4.78, 5) is 14.4. The van der Waals surface area contributed by atoms with E-state index in [1.165, 1.54) is 18.3 Å². The molecule has 7 heteroatoms. The van der Waals surface area contributed by atoms with E-state index in [1.54, 1.807) is 18.3 Å². The fraction of sp³-hybridized carbons (Fsp3) is 0.154. The molecular weight excluding hydrogens is 303 g/mol. The molecule has 0 aliphatic rings. The minimum Gasteiger partial charge on any atom is -0.482 e. The molecule has 0 saturated carbocycles. The van der Waals surface area contributed by atoms with Gasteiger partial charge in [0.25, 0.3) is 0 Å². The van der Waals surface area contributed by atoms with Crippen molar-refractivity contribution in [1.82, 2.24) is 4.98 Å². The Labute approximate surface area is 125 Å². The van der Waals surface area contributed by atoms with E-state index >= 15 is 0 Å². The third kappa shape index (κ3) is 3.37. The molecule has 2 rings (SSSR count). The van der Waals surface area contributed by atoms with E-state index in [-0.39, 0.29) is 23.9 Å². The highest BCUT2D eigenvalue weighted by molar-refractivity contribution is 6.31. The van der Waals surface area contributed by atoms with Crippen LogP contribution in [0.1, 0.15) is 11.1 Å². The maximum Gasteiger partial charge on any atom is 0.311 e. The standard InChI is InChI=1S/C13H10Cl2N2O3/c14-6-9-1-2-13(12(5-9)17(18)19)20-8-10-3-4-16-7-11(10)15/h1-5,7H,6,8H2. The van der Waals surface area contributed by atoms with Gasteiger partial charge in [-0.2, -0.15) is 0 Å². The molecule has 0 unspecified atom stereocenters. The summed E-state index contributed by atoms with van der Waals surface area (Å²) in [5.74, 6) is 0.383. The number of alkyl halides is 1. The minimum absolute atomic E-state index is 0.117. The average Bonchev–Trinajstić information content (AvgIpc) is 2.46. The third-order valence-electron chi connectivity index (χ3n) is 2.61. The quantitative estimate of drug-likeness (QED) is 0.476. The maximum atomic E-state index is 11.0. The normalized spacial score (nSPS) is 10.3. The van der Waals surface area contributed by atoms with Crippen molar-refractivity contribution in [3.8, 4) is 5.75 Å². The number of nitro groups is 1. The van der Waals surface area contributed by atoms with E-state index in [2.05, 4.69) is 4.98 Å². The van der Waals surface area contributed by atoms with Crippen molar-refractivity contribution in [2.75, 3.05) is 0 Å². The second kappa shape index (κ2) is 6.54. The van der Waals surface area contributed by atoms with Crippen LogP contribution in [0.25, 0.3) is 0 Å². The molecule has 0 atom stereocenters. The lowest BCUT2D eigenvalue weighted by Crippen LogP contribution is -2.00. The summed E-state index contributed by atoms with van der Waals surface area (Å²) in [6, 6.07) is 6.31. The third-order valence-corrected chi connectivity index (χ3v) is 3.26. The van der Waals surface area contributed by atoms with Crippen molar-refractivity contribution in [3.05, 3.63) is 62.9 Å². The molecule has 0 aliphatic carbocycles. The van der Waals surface area contributed by atoms with Crippen molar-refractivity contribution in [3.63, 3.8) is 0 Å². The Morgan fingerprint density at radius 1 is 1.35 bits per heavy atom. The monoisotopic (exact) mass is 312 g/mol. The van der Waals surface area contributed by atoms with Gasteiger partial charge in [0.1, 0.15) is 6.61 Å². The fourth-order valence-corrected chi connectivity index (χ4v) is 1.93. The van der Waals surface area contributed by atoms with Gasteiger partial charge in [-0.3, -0.25) is 15.1 Å². The SMILES string of the molecule is O=[N+]([O-])c1cc(CCl)ccc1OCc1ccncc1Cl. The van der Waals surface area contributed by atoms with Crippen LogP contribution in [0.5, 0.6) is 5.75 Å². The van der Waals surface area contributed by atoms with Gasteiger partial charge in [-0.1, -0.05) is 17.7 Å². The number of rotatable bonds is 5. The highest BCUT2D eigenvalue weighted by Gasteiger charge is 2.16. The first kappa shape index (κ1) is 14.6. The van der Waals surface area contributed by atoms with Crippen LogP contribution in [0.4, 0.5) is 5.69 Å². The van der Waals surface area contributed by atoms with Crippen LogP contribution in [0, 0.1) is 10.1 Å². The molecule has 0 amide bonds. The molecule has 0 fully saturated rings. The molecule has 20 heavy (non-hydrogen) atoms. The first-order valence-electron chi connectivity index (χ1n) is 5.66. The summed E-state index contributed by atoms with van der Waals surface area (Å²) < 4.78 is 5.47. The number of ether oxygens (including phenoxy) is 1. The topological polar surface area (TPSA) is 65.3 Å². The van der Waals surface area contributed by atoms with Gasteiger partial charge in [0.15, 0.2) is 5.75 Å². The lowest BCUT2D eigenvalue weighted by Gasteiger charge is -2.08. The smallest absolute Gasteiger partial charge is 0.311 e. The number of aromatic nitrogens is 1. The van der Waals surface area contributed by atoms with Crippen LogP contribution < -0.4 is 4.74 Å². The zero-order chi connectivity index (χ0) is 14.5. The number of pyridine rings is 1. The summed E-state index contributed by atoms with van der Waals surface area (Å²) in [5, 5.41) is 11.5. The van der Waals surface area contributed by atoms with Crippen molar-refractivity contribution >= 4 is 28.9 Å². The van der Waals surface area contributed by atoms with Gasteiger partial charge in [0, 0.05) is 29.9 Å². The van der Waals surface area contributed by atoms with Gasteiger partial charge in [-0.25, -0.2) is 0 Å². The van der Waals surface area contributed by atoms with Crippen LogP contribution in [0.3, 0.4) is 0 Å². The number of benzene rings is 1. The molecule has 0 radical (unpaired) electrons. The second-order valence-electron chi connectivity index (χ2n) is 3.95. The van der Waals surface area contributed by atoms with Crippen LogP contribution in [-0.4, -0.2) is 9.91 Å². The van der Waals surface area contributed by atoms with E-state index in [0.29, 0.717) is 16.1 Å². The molecule has 1 aromatic carbocycles. The van der Waals surface area contributed by atoms with Crippen molar-refractivity contribution in [1.29, 1.82) is 0 Å². The predicted molar refractivity (Wildman–Crippen MR) is 76.2 cm³/mol. The van der Waals surface area contributed by atoms with Crippen LogP contribution in [-0.2, 0) is 12.5 Å². The number of hydrogen-bond donors (Lipinski definition) is 0. The second-order valence-corrected chi connectivity index (χ2v) is 4.62. The summed E-state index contributed by atoms with van der Waals surface area (Å²) in [5.41, 5.74) is 1.25. The highest BCUT2D eigenvalue weighted by atomic mass is 35.5. The van der Waals surface area contributed by atoms with Crippen LogP contribution in [0.2, 0.25) is 5.02 Å². The Bertz CT molecular complexity index is 635. The Kier molecular flexibility index (Phi) is 4.76. The lowest BCUT2D eigenvalue weighted by atomic mass is 10.2. The molecule has 0 saturated heterocycles. The molecule has 0 spiro atoms. The number of hydrogen-bond acceptors (Lipinski definition) is 4. The summed E-state index contributed by atoms with van der Waals surface area (Å²) in [6.07, 6.45) is 3.07. The zero-order valence-electron chi connectivity index (χ0n) is 10.3. The molecule has 104 valence electrons. The predicted octanol–water partition coefficient (Wildman–Crippen LogP) is 3.96. The first-order chi connectivity index (χ1) is 9.61. The van der Waals surface area contributed by atoms with Crippen LogP contribution in [0.15, 0.2) is 36.7 Å². The number of nitrogens with zero attached hydrogens (tertiary/aromatic N) is 2. The van der Waals surface area contributed by atoms with Gasteiger partial charge in [-0.05, 0) is 17.7 Å². The van der Waals surface area contributed by atoms with E-state index in [0.717, 1.165) is 0 Å². The van der Waals surface area contributed by atoms with Gasteiger partial charge in [-0.15, -0.1) is 11.6 Å². The van der Waals surface area contributed by atoms with Crippen molar-refractivity contribution < 1.29 is 9.66 Å². The van der Waals surface area contributed by atoms with Crippen molar-refractivity contribution in [2.24, 2.45) is 0 Å². The molecule has 1 aromatic heterocycles. The van der Waals surface area contributed by atoms with E-state index in [1.807, 2.05) is 0 Å². The molecule has 0 aliphatic heterocycles. The number of halogens is 2. The first-order valence-corrected chi connectivity index (χ1v) is 6.57. The maximum absolute atomic E-state index is 11.0. The van der Waals surface area contributed by atoms with Gasteiger partial charge in [0.2, 0.25) is 0 Å². The Hall–Kier alpha value is -1.85. The van der Waals surface area contributed by atoms with Gasteiger partial charge in [0.05, 0.1) is 9.95 Å². The van der Waals surface area contributed by atoms with Crippen molar-refractivity contribution in [2.45, 2.75) is 12.5 Å². The summed E-state index contributed by atoms with van der Waals surface area (Å²) in [7, 11) is 0. The summed E-state index contributed by atoms with van der Waals surface area (Å²) >= 11 is 11.6. The Morgan fingerprint density at radius 3 is 2.80 bits per heavy atom. The molecule has 1 heterocycles. The van der Waals surface area contributed by atoms with Gasteiger partial charge >= 0.3 is 5.69 Å². The summed E-state index contributed by atoms with van der Waals surface area (Å²) in [6.45, 7) is 0.127. The molecular formula is C13H10Cl2N2O3. The minimum atomic E-state index is -0.500. The lowest BCUT2D eigenvalue weighted by molar-refractivity contribution is -0.386. The van der Waals surface area contributed by atoms with Gasteiger partial charge < -0.3 is 4.74 Å².